The summed E-state index contributed by atoms with van der Waals surface area (Å²) in [6, 6.07) is 18.6. The molecular formula is C22H19N3O5. The van der Waals surface area contributed by atoms with E-state index in [1.54, 1.807) is 12.1 Å². The van der Waals surface area contributed by atoms with Crippen molar-refractivity contribution in [3.8, 4) is 5.75 Å². The molecule has 1 aromatic heterocycles. The lowest BCUT2D eigenvalue weighted by atomic mass is 9.98. The van der Waals surface area contributed by atoms with Gasteiger partial charge in [0.2, 0.25) is 5.43 Å². The van der Waals surface area contributed by atoms with Crippen LogP contribution in [0.4, 0.5) is 0 Å². The number of fused-ring (bicyclic) bond motifs is 1. The van der Waals surface area contributed by atoms with Crippen molar-refractivity contribution < 1.29 is 19.8 Å². The fraction of sp³-hybridized carbons (Fsp3) is 0.136. The van der Waals surface area contributed by atoms with E-state index < -0.39 is 34.7 Å². The van der Waals surface area contributed by atoms with E-state index in [1.807, 2.05) is 60.7 Å². The third-order valence-corrected chi connectivity index (χ3v) is 5.11. The molecule has 2 heterocycles. The summed E-state index contributed by atoms with van der Waals surface area (Å²) in [7, 11) is 1.56. The first kappa shape index (κ1) is 19.3. The molecular weight excluding hydrogens is 386 g/mol. The topological polar surface area (TPSA) is 103 Å². The number of nitrogens with zero attached hydrogens (tertiary/aromatic N) is 3. The van der Waals surface area contributed by atoms with Gasteiger partial charge in [-0.1, -0.05) is 60.7 Å². The second kappa shape index (κ2) is 7.40. The lowest BCUT2D eigenvalue weighted by Crippen LogP contribution is -2.54. The molecule has 0 atom stereocenters. The second-order valence-electron chi connectivity index (χ2n) is 7.03. The number of carboxylic acids is 1. The largest absolute Gasteiger partial charge is 0.502 e. The summed E-state index contributed by atoms with van der Waals surface area (Å²) in [6.07, 6.45) is 1.10. The maximum atomic E-state index is 12.7. The van der Waals surface area contributed by atoms with Gasteiger partial charge in [0.15, 0.2) is 11.4 Å². The van der Waals surface area contributed by atoms with Crippen LogP contribution in [0.25, 0.3) is 0 Å². The Morgan fingerprint density at radius 2 is 1.50 bits per heavy atom. The molecule has 2 N–H and O–H groups in total. The average Bonchev–Trinajstić information content (AvgIpc) is 2.75. The van der Waals surface area contributed by atoms with Crippen LogP contribution in [0.15, 0.2) is 71.7 Å². The van der Waals surface area contributed by atoms with Gasteiger partial charge in [-0.25, -0.2) is 4.79 Å². The SMILES string of the molecule is CN1CN(C(c2ccccc2)c2ccccc2)n2cc(C(=O)O)c(=O)c(O)c2C1=O. The summed E-state index contributed by atoms with van der Waals surface area (Å²) >= 11 is 0. The number of carboxylic acid groups (broad SMARTS) is 1. The van der Waals surface area contributed by atoms with Crippen LogP contribution in [-0.2, 0) is 0 Å². The zero-order valence-corrected chi connectivity index (χ0v) is 16.1. The highest BCUT2D eigenvalue weighted by Crippen LogP contribution is 2.31. The van der Waals surface area contributed by atoms with E-state index in [1.165, 1.54) is 9.58 Å². The minimum Gasteiger partial charge on any atom is -0.502 e. The molecule has 0 aliphatic carbocycles. The van der Waals surface area contributed by atoms with Crippen LogP contribution in [0, 0.1) is 0 Å². The van der Waals surface area contributed by atoms with Crippen LogP contribution >= 0.6 is 0 Å². The Hall–Kier alpha value is -4.07. The van der Waals surface area contributed by atoms with Gasteiger partial charge < -0.3 is 15.1 Å². The Bertz CT molecular complexity index is 1140. The highest BCUT2D eigenvalue weighted by atomic mass is 16.4. The van der Waals surface area contributed by atoms with Crippen LogP contribution < -0.4 is 10.4 Å². The van der Waals surface area contributed by atoms with Crippen LogP contribution in [0.3, 0.4) is 0 Å². The molecule has 1 aliphatic heterocycles. The van der Waals surface area contributed by atoms with Gasteiger partial charge in [0, 0.05) is 13.2 Å². The number of hydrogen-bond donors (Lipinski definition) is 2. The lowest BCUT2D eigenvalue weighted by molar-refractivity contribution is 0.0680. The van der Waals surface area contributed by atoms with Gasteiger partial charge in [-0.05, 0) is 11.1 Å². The van der Waals surface area contributed by atoms with Crippen molar-refractivity contribution in [3.63, 3.8) is 0 Å². The van der Waals surface area contributed by atoms with Crippen LogP contribution in [0.5, 0.6) is 5.75 Å². The van der Waals surface area contributed by atoms with Gasteiger partial charge in [-0.15, -0.1) is 0 Å². The van der Waals surface area contributed by atoms with E-state index in [0.29, 0.717) is 0 Å². The molecule has 30 heavy (non-hydrogen) atoms. The molecule has 0 radical (unpaired) electrons. The first-order chi connectivity index (χ1) is 14.4. The normalized spacial score (nSPS) is 13.5. The number of carbonyl (C=O) groups excluding carboxylic acids is 1. The third kappa shape index (κ3) is 3.08. The fourth-order valence-electron chi connectivity index (χ4n) is 3.69. The molecule has 0 saturated heterocycles. The Kier molecular flexibility index (Phi) is 4.75. The summed E-state index contributed by atoms with van der Waals surface area (Å²) in [5.41, 5.74) is -0.178. The molecule has 0 unspecified atom stereocenters. The molecule has 0 spiro atoms. The number of benzene rings is 2. The zero-order chi connectivity index (χ0) is 21.4. The van der Waals surface area contributed by atoms with Crippen LogP contribution in [0.1, 0.15) is 38.0 Å². The number of aromatic nitrogens is 1. The molecule has 2 aromatic carbocycles. The predicted molar refractivity (Wildman–Crippen MR) is 109 cm³/mol. The van der Waals surface area contributed by atoms with Crippen molar-refractivity contribution in [2.24, 2.45) is 0 Å². The van der Waals surface area contributed by atoms with Crippen molar-refractivity contribution in [1.29, 1.82) is 0 Å². The molecule has 1 aliphatic rings. The van der Waals surface area contributed by atoms with E-state index in [2.05, 4.69) is 0 Å². The number of aromatic carboxylic acids is 1. The van der Waals surface area contributed by atoms with Gasteiger partial charge in [-0.3, -0.25) is 19.3 Å². The van der Waals surface area contributed by atoms with Gasteiger partial charge in [0.05, 0.1) is 6.04 Å². The predicted octanol–water partition coefficient (Wildman–Crippen LogP) is 2.02. The zero-order valence-electron chi connectivity index (χ0n) is 16.1. The number of amides is 1. The van der Waals surface area contributed by atoms with E-state index in [-0.39, 0.29) is 12.4 Å². The molecule has 0 fully saturated rings. The van der Waals surface area contributed by atoms with Gasteiger partial charge in [-0.2, -0.15) is 0 Å². The molecule has 0 bridgehead atoms. The average molecular weight is 405 g/mol. The molecule has 8 nitrogen and oxygen atoms in total. The highest BCUT2D eigenvalue weighted by molar-refractivity contribution is 5.97. The Morgan fingerprint density at radius 3 is 2.00 bits per heavy atom. The van der Waals surface area contributed by atoms with Gasteiger partial charge in [0.25, 0.3) is 5.91 Å². The first-order valence-corrected chi connectivity index (χ1v) is 9.24. The van der Waals surface area contributed by atoms with Gasteiger partial charge >= 0.3 is 5.97 Å². The minimum absolute atomic E-state index is 0.113. The number of carbonyl (C=O) groups is 2. The van der Waals surface area contributed by atoms with Crippen LogP contribution in [0.2, 0.25) is 0 Å². The van der Waals surface area contributed by atoms with E-state index >= 15 is 0 Å². The maximum Gasteiger partial charge on any atom is 0.341 e. The Balaban J connectivity index is 2.00. The molecule has 4 rings (SSSR count). The van der Waals surface area contributed by atoms with Gasteiger partial charge in [0.1, 0.15) is 12.2 Å². The van der Waals surface area contributed by atoms with Crippen molar-refractivity contribution >= 4 is 11.9 Å². The molecule has 152 valence electrons. The number of aromatic hydroxyl groups is 1. The summed E-state index contributed by atoms with van der Waals surface area (Å²) in [5.74, 6) is -2.93. The summed E-state index contributed by atoms with van der Waals surface area (Å²) < 4.78 is 1.28. The summed E-state index contributed by atoms with van der Waals surface area (Å²) in [5, 5.41) is 21.6. The monoisotopic (exact) mass is 405 g/mol. The van der Waals surface area contributed by atoms with Crippen LogP contribution in [-0.4, -0.2) is 45.4 Å². The number of pyridine rings is 1. The van der Waals surface area contributed by atoms with E-state index in [9.17, 15) is 24.6 Å². The smallest absolute Gasteiger partial charge is 0.341 e. The van der Waals surface area contributed by atoms with Crippen molar-refractivity contribution in [2.45, 2.75) is 6.04 Å². The molecule has 3 aromatic rings. The Morgan fingerprint density at radius 1 is 0.967 bits per heavy atom. The fourth-order valence-corrected chi connectivity index (χ4v) is 3.69. The van der Waals surface area contributed by atoms with Crippen molar-refractivity contribution in [3.05, 3.63) is 99.5 Å². The summed E-state index contributed by atoms with van der Waals surface area (Å²) in [4.78, 5) is 38.0. The highest BCUT2D eigenvalue weighted by Gasteiger charge is 2.36. The summed E-state index contributed by atoms with van der Waals surface area (Å²) in [6.45, 7) is 0.113. The number of rotatable bonds is 4. The van der Waals surface area contributed by atoms with Crippen molar-refractivity contribution in [2.75, 3.05) is 18.7 Å². The minimum atomic E-state index is -1.48. The van der Waals surface area contributed by atoms with E-state index in [0.717, 1.165) is 17.3 Å². The lowest BCUT2D eigenvalue weighted by Gasteiger charge is -2.43. The first-order valence-electron chi connectivity index (χ1n) is 9.24. The quantitative estimate of drug-likeness (QED) is 0.689. The second-order valence-corrected chi connectivity index (χ2v) is 7.03. The third-order valence-electron chi connectivity index (χ3n) is 5.11. The van der Waals surface area contributed by atoms with E-state index in [4.69, 9.17) is 0 Å². The molecule has 0 saturated carbocycles. The molecule has 8 heteroatoms. The maximum absolute atomic E-state index is 12.7. The van der Waals surface area contributed by atoms with Crippen molar-refractivity contribution in [1.82, 2.24) is 9.58 Å². The Labute approximate surface area is 171 Å². The molecule has 1 amide bonds. The number of hydrogen-bond acceptors (Lipinski definition) is 5. The standard InChI is InChI=1S/C22H19N3O5/c1-23-13-25(17(14-8-4-2-5-9-14)15-10-6-3-7-11-15)24-12-16(22(29)30)19(26)20(27)18(24)21(23)28/h2-12,17,27H,13H2,1H3,(H,29,30).